The normalized spacial score (nSPS) is 11.8. The molecule has 1 aromatic heterocycles. The minimum absolute atomic E-state index is 0.0650. The van der Waals surface area contributed by atoms with Gasteiger partial charge in [-0.2, -0.15) is 9.29 Å². The summed E-state index contributed by atoms with van der Waals surface area (Å²) in [5.41, 5.74) is 1.16. The molecule has 0 saturated carbocycles. The molecule has 0 amide bonds. The molecule has 3 aromatic rings. The molecule has 3 rings (SSSR count). The van der Waals surface area contributed by atoms with Gasteiger partial charge < -0.3 is 9.26 Å². The van der Waals surface area contributed by atoms with E-state index in [4.69, 9.17) is 32.5 Å². The minimum atomic E-state index is -3.65. The summed E-state index contributed by atoms with van der Waals surface area (Å²) >= 11 is 11.9. The van der Waals surface area contributed by atoms with Crippen molar-refractivity contribution in [1.82, 2.24) is 14.4 Å². The Bertz CT molecular complexity index is 1090. The van der Waals surface area contributed by atoms with E-state index in [1.165, 1.54) is 13.1 Å². The zero-order valence-corrected chi connectivity index (χ0v) is 17.4. The maximum absolute atomic E-state index is 12.6. The summed E-state index contributed by atoms with van der Waals surface area (Å²) < 4.78 is 36.8. The number of nitrogens with zero attached hydrogens (tertiary/aromatic N) is 3. The molecule has 7 nitrogen and oxygen atoms in total. The third-order valence-corrected chi connectivity index (χ3v) is 6.32. The van der Waals surface area contributed by atoms with Crippen molar-refractivity contribution in [2.45, 2.75) is 12.3 Å². The highest BCUT2D eigenvalue weighted by molar-refractivity contribution is 7.88. The zero-order chi connectivity index (χ0) is 20.3. The van der Waals surface area contributed by atoms with Crippen molar-refractivity contribution in [2.24, 2.45) is 0 Å². The highest BCUT2D eigenvalue weighted by atomic mass is 35.5. The molecule has 0 radical (unpaired) electrons. The molecular formula is C18H17Cl2N3O4S. The van der Waals surface area contributed by atoms with Crippen molar-refractivity contribution in [3.63, 3.8) is 0 Å². The molecule has 2 aromatic carbocycles. The van der Waals surface area contributed by atoms with Crippen molar-refractivity contribution < 1.29 is 17.7 Å². The van der Waals surface area contributed by atoms with E-state index in [1.807, 2.05) is 0 Å². The standard InChI is InChI=1S/C18H17Cl2N3O4S/c1-23(28(24,25)11-13-6-7-14(19)9-16(13)20)10-17-21-18(22-27-17)12-4-3-5-15(8-12)26-2/h3-9H,10-11H2,1-2H3. The van der Waals surface area contributed by atoms with Crippen molar-refractivity contribution >= 4 is 33.2 Å². The average molecular weight is 442 g/mol. The lowest BCUT2D eigenvalue weighted by molar-refractivity contribution is 0.336. The lowest BCUT2D eigenvalue weighted by Crippen LogP contribution is -2.28. The second-order valence-corrected chi connectivity index (χ2v) is 8.91. The number of hydrogen-bond acceptors (Lipinski definition) is 6. The molecule has 0 saturated heterocycles. The van der Waals surface area contributed by atoms with Gasteiger partial charge in [0.25, 0.3) is 0 Å². The van der Waals surface area contributed by atoms with Crippen LogP contribution in [0.25, 0.3) is 11.4 Å². The summed E-state index contributed by atoms with van der Waals surface area (Å²) in [6.07, 6.45) is 0. The molecule has 0 fully saturated rings. The SMILES string of the molecule is COc1cccc(-c2noc(CN(C)S(=O)(=O)Cc3ccc(Cl)cc3Cl)n2)c1. The fourth-order valence-corrected chi connectivity index (χ4v) is 4.16. The van der Waals surface area contributed by atoms with Crippen LogP contribution in [-0.2, 0) is 22.3 Å². The number of methoxy groups -OCH3 is 1. The summed E-state index contributed by atoms with van der Waals surface area (Å²) in [4.78, 5) is 4.26. The summed E-state index contributed by atoms with van der Waals surface area (Å²) in [6, 6.07) is 11.9. The van der Waals surface area contributed by atoms with Gasteiger partial charge in [0.05, 0.1) is 19.4 Å². The Morgan fingerprint density at radius 1 is 1.18 bits per heavy atom. The Labute approximate surface area is 172 Å². The van der Waals surface area contributed by atoms with E-state index in [0.29, 0.717) is 32.7 Å². The molecule has 0 aliphatic rings. The number of rotatable bonds is 7. The van der Waals surface area contributed by atoms with Gasteiger partial charge in [0.15, 0.2) is 0 Å². The lowest BCUT2D eigenvalue weighted by atomic mass is 10.2. The largest absolute Gasteiger partial charge is 0.497 e. The van der Waals surface area contributed by atoms with Crippen molar-refractivity contribution in [3.8, 4) is 17.1 Å². The molecule has 0 bridgehead atoms. The second-order valence-electron chi connectivity index (χ2n) is 5.99. The van der Waals surface area contributed by atoms with Gasteiger partial charge in [-0.25, -0.2) is 8.42 Å². The van der Waals surface area contributed by atoms with Gasteiger partial charge in [-0.3, -0.25) is 0 Å². The van der Waals surface area contributed by atoms with Crippen molar-refractivity contribution in [3.05, 3.63) is 64.0 Å². The monoisotopic (exact) mass is 441 g/mol. The molecule has 1 heterocycles. The Hall–Kier alpha value is -2.13. The highest BCUT2D eigenvalue weighted by Crippen LogP contribution is 2.25. The van der Waals surface area contributed by atoms with Crippen LogP contribution in [0.5, 0.6) is 5.75 Å². The number of hydrogen-bond donors (Lipinski definition) is 0. The van der Waals surface area contributed by atoms with Crippen LogP contribution in [0, 0.1) is 0 Å². The van der Waals surface area contributed by atoms with E-state index in [0.717, 1.165) is 4.31 Å². The van der Waals surface area contributed by atoms with E-state index in [-0.39, 0.29) is 18.2 Å². The zero-order valence-electron chi connectivity index (χ0n) is 15.1. The first-order chi connectivity index (χ1) is 13.3. The van der Waals surface area contributed by atoms with Gasteiger partial charge in [0.1, 0.15) is 5.75 Å². The molecule has 0 spiro atoms. The Morgan fingerprint density at radius 2 is 1.96 bits per heavy atom. The summed E-state index contributed by atoms with van der Waals surface area (Å²) in [7, 11) is -0.653. The molecule has 0 unspecified atom stereocenters. The van der Waals surface area contributed by atoms with Gasteiger partial charge in [-0.05, 0) is 29.8 Å². The number of ether oxygens (including phenoxy) is 1. The topological polar surface area (TPSA) is 85.5 Å². The lowest BCUT2D eigenvalue weighted by Gasteiger charge is -2.15. The van der Waals surface area contributed by atoms with E-state index >= 15 is 0 Å². The van der Waals surface area contributed by atoms with E-state index in [2.05, 4.69) is 10.1 Å². The van der Waals surface area contributed by atoms with E-state index in [1.54, 1.807) is 43.5 Å². The number of benzene rings is 2. The predicted molar refractivity (Wildman–Crippen MR) is 107 cm³/mol. The highest BCUT2D eigenvalue weighted by Gasteiger charge is 2.23. The fraction of sp³-hybridized carbons (Fsp3) is 0.222. The van der Waals surface area contributed by atoms with Gasteiger partial charge >= 0.3 is 0 Å². The summed E-state index contributed by atoms with van der Waals surface area (Å²) in [5, 5.41) is 4.64. The molecule has 0 aliphatic carbocycles. The van der Waals surface area contributed by atoms with E-state index in [9.17, 15) is 8.42 Å². The molecule has 0 N–H and O–H groups in total. The molecular weight excluding hydrogens is 425 g/mol. The van der Waals surface area contributed by atoms with Crippen LogP contribution in [0.2, 0.25) is 10.0 Å². The smallest absolute Gasteiger partial charge is 0.242 e. The predicted octanol–water partition coefficient (Wildman–Crippen LogP) is 4.01. The number of halogens is 2. The van der Waals surface area contributed by atoms with Crippen LogP contribution in [0.1, 0.15) is 11.5 Å². The minimum Gasteiger partial charge on any atom is -0.497 e. The summed E-state index contributed by atoms with van der Waals surface area (Å²) in [5.74, 6) is 0.908. The number of sulfonamides is 1. The van der Waals surface area contributed by atoms with Crippen LogP contribution in [0.4, 0.5) is 0 Å². The van der Waals surface area contributed by atoms with Crippen LogP contribution in [0.15, 0.2) is 47.0 Å². The van der Waals surface area contributed by atoms with Crippen LogP contribution in [0.3, 0.4) is 0 Å². The van der Waals surface area contributed by atoms with Gasteiger partial charge in [-0.1, -0.05) is 46.6 Å². The summed E-state index contributed by atoms with van der Waals surface area (Å²) in [6.45, 7) is -0.0650. The Morgan fingerprint density at radius 3 is 2.68 bits per heavy atom. The van der Waals surface area contributed by atoms with Crippen LogP contribution >= 0.6 is 23.2 Å². The van der Waals surface area contributed by atoms with Gasteiger partial charge in [0, 0.05) is 22.7 Å². The maximum Gasteiger partial charge on any atom is 0.242 e. The average Bonchev–Trinajstić information content (AvgIpc) is 3.12. The Kier molecular flexibility index (Phi) is 6.24. The Balaban J connectivity index is 1.73. The third kappa shape index (κ3) is 4.82. The quantitative estimate of drug-likeness (QED) is 0.550. The maximum atomic E-state index is 12.6. The second kappa shape index (κ2) is 8.48. The molecule has 148 valence electrons. The van der Waals surface area contributed by atoms with Crippen molar-refractivity contribution in [1.29, 1.82) is 0 Å². The van der Waals surface area contributed by atoms with Crippen LogP contribution < -0.4 is 4.74 Å². The number of aromatic nitrogens is 2. The molecule has 28 heavy (non-hydrogen) atoms. The first-order valence-corrected chi connectivity index (χ1v) is 10.5. The first kappa shape index (κ1) is 20.6. The molecule has 0 atom stereocenters. The van der Waals surface area contributed by atoms with Crippen LogP contribution in [-0.4, -0.2) is 37.0 Å². The molecule has 0 aliphatic heterocycles. The fourth-order valence-electron chi connectivity index (χ4n) is 2.43. The first-order valence-electron chi connectivity index (χ1n) is 8.13. The van der Waals surface area contributed by atoms with E-state index < -0.39 is 10.0 Å². The third-order valence-electron chi connectivity index (χ3n) is 3.98. The molecule has 10 heteroatoms. The van der Waals surface area contributed by atoms with Crippen molar-refractivity contribution in [2.75, 3.05) is 14.2 Å². The van der Waals surface area contributed by atoms with Gasteiger partial charge in [-0.15, -0.1) is 0 Å². The van der Waals surface area contributed by atoms with Gasteiger partial charge in [0.2, 0.25) is 21.7 Å².